The van der Waals surface area contributed by atoms with Gasteiger partial charge < -0.3 is 14.9 Å². The average Bonchev–Trinajstić information content (AvgIpc) is 2.73. The van der Waals surface area contributed by atoms with Crippen LogP contribution in [0.4, 0.5) is 4.39 Å². The highest BCUT2D eigenvalue weighted by Gasteiger charge is 2.52. The fraction of sp³-hybridized carbons (Fsp3) is 0.889. The number of ether oxygens (including phenoxy) is 1. The molecular weight excluding hydrogens is 271 g/mol. The Kier molecular flexibility index (Phi) is 4.31. The van der Waals surface area contributed by atoms with Crippen LogP contribution in [0.2, 0.25) is 0 Å². The molecule has 1 aliphatic carbocycles. The maximum absolute atomic E-state index is 13.1. The van der Waals surface area contributed by atoms with Gasteiger partial charge in [-0.2, -0.15) is 12.8 Å². The molecule has 1 unspecified atom stereocenters. The van der Waals surface area contributed by atoms with Gasteiger partial charge in [-0.05, 0) is 12.8 Å². The van der Waals surface area contributed by atoms with E-state index in [1.165, 1.54) is 0 Å². The molecule has 18 heavy (non-hydrogen) atoms. The van der Waals surface area contributed by atoms with Crippen LogP contribution < -0.4 is 0 Å². The van der Waals surface area contributed by atoms with E-state index in [2.05, 4.69) is 4.74 Å². The molecule has 106 valence electrons. The summed E-state index contributed by atoms with van der Waals surface area (Å²) in [7, 11) is -5.62. The van der Waals surface area contributed by atoms with Crippen LogP contribution in [-0.4, -0.2) is 47.6 Å². The van der Waals surface area contributed by atoms with Gasteiger partial charge in [-0.1, -0.05) is 12.8 Å². The minimum absolute atomic E-state index is 0.295. The topological polar surface area (TPSA) is 121 Å². The van der Waals surface area contributed by atoms with E-state index in [1.54, 1.807) is 0 Å². The Morgan fingerprint density at radius 2 is 1.89 bits per heavy atom. The van der Waals surface area contributed by atoms with Gasteiger partial charge in [0.05, 0.1) is 13.2 Å². The fourth-order valence-corrected chi connectivity index (χ4v) is 2.16. The Labute approximate surface area is 103 Å². The standard InChI is InChI=1S/C9H15FO7S/c10-9(13,18(14,15)16)7(12)17-6-8(5-11)3-1-2-4-8/h11,13H,1-6H2,(H,14,15,16). The van der Waals surface area contributed by atoms with Crippen LogP contribution in [0.1, 0.15) is 25.7 Å². The van der Waals surface area contributed by atoms with E-state index in [9.17, 15) is 22.7 Å². The summed E-state index contributed by atoms with van der Waals surface area (Å²) < 4.78 is 46.6. The van der Waals surface area contributed by atoms with Gasteiger partial charge in [0.25, 0.3) is 0 Å². The third kappa shape index (κ3) is 2.97. The van der Waals surface area contributed by atoms with E-state index in [4.69, 9.17) is 9.66 Å². The van der Waals surface area contributed by atoms with Crippen molar-refractivity contribution in [3.63, 3.8) is 0 Å². The second kappa shape index (κ2) is 5.08. The van der Waals surface area contributed by atoms with E-state index in [-0.39, 0.29) is 6.61 Å². The molecule has 0 aliphatic heterocycles. The van der Waals surface area contributed by atoms with Crippen LogP contribution in [0.5, 0.6) is 0 Å². The first-order chi connectivity index (χ1) is 8.15. The number of aliphatic hydroxyl groups is 2. The number of hydrogen-bond acceptors (Lipinski definition) is 6. The molecule has 1 fully saturated rings. The van der Waals surface area contributed by atoms with Crippen LogP contribution in [-0.2, 0) is 19.6 Å². The van der Waals surface area contributed by atoms with Crippen molar-refractivity contribution in [2.75, 3.05) is 13.2 Å². The maximum Gasteiger partial charge on any atom is 0.431 e. The quantitative estimate of drug-likeness (QED) is 0.464. The Balaban J connectivity index is 2.66. The van der Waals surface area contributed by atoms with Crippen LogP contribution in [0.15, 0.2) is 0 Å². The van der Waals surface area contributed by atoms with Crippen LogP contribution in [0.3, 0.4) is 0 Å². The lowest BCUT2D eigenvalue weighted by Gasteiger charge is -2.26. The van der Waals surface area contributed by atoms with Crippen molar-refractivity contribution in [3.8, 4) is 0 Å². The van der Waals surface area contributed by atoms with Crippen LogP contribution in [0.25, 0.3) is 0 Å². The number of carbonyl (C=O) groups is 1. The Hall–Kier alpha value is -0.770. The number of aliphatic hydroxyl groups excluding tert-OH is 1. The van der Waals surface area contributed by atoms with E-state index in [0.29, 0.717) is 12.8 Å². The summed E-state index contributed by atoms with van der Waals surface area (Å²) in [4.78, 5) is 11.1. The Bertz CT molecular complexity index is 411. The van der Waals surface area contributed by atoms with Crippen molar-refractivity contribution >= 4 is 16.1 Å². The summed E-state index contributed by atoms with van der Waals surface area (Å²) in [6, 6.07) is 0. The van der Waals surface area contributed by atoms with Crippen molar-refractivity contribution in [2.24, 2.45) is 5.41 Å². The molecule has 0 amide bonds. The van der Waals surface area contributed by atoms with Crippen molar-refractivity contribution in [3.05, 3.63) is 0 Å². The molecule has 0 aromatic rings. The summed E-state index contributed by atoms with van der Waals surface area (Å²) in [5, 5.41) is 13.4. The van der Waals surface area contributed by atoms with Crippen molar-refractivity contribution < 1.29 is 37.1 Å². The molecule has 0 aromatic carbocycles. The number of carbonyl (C=O) groups excluding carboxylic acids is 1. The molecule has 9 heteroatoms. The molecule has 1 atom stereocenters. The summed E-state index contributed by atoms with van der Waals surface area (Å²) in [6.45, 7) is -0.707. The van der Waals surface area contributed by atoms with Gasteiger partial charge in [-0.3, -0.25) is 4.55 Å². The zero-order valence-electron chi connectivity index (χ0n) is 9.50. The predicted molar refractivity (Wildman–Crippen MR) is 56.6 cm³/mol. The normalized spacial score (nSPS) is 22.4. The third-order valence-corrected chi connectivity index (χ3v) is 3.95. The summed E-state index contributed by atoms with van der Waals surface area (Å²) in [6.07, 6.45) is 2.70. The van der Waals surface area contributed by atoms with Crippen LogP contribution in [0, 0.1) is 5.41 Å². The molecule has 7 nitrogen and oxygen atoms in total. The summed E-state index contributed by atoms with van der Waals surface area (Å²) in [5.74, 6) is -2.11. The monoisotopic (exact) mass is 286 g/mol. The second-order valence-electron chi connectivity index (χ2n) is 4.48. The maximum atomic E-state index is 13.1. The van der Waals surface area contributed by atoms with E-state index >= 15 is 0 Å². The molecule has 3 N–H and O–H groups in total. The number of alkyl halides is 1. The van der Waals surface area contributed by atoms with Crippen molar-refractivity contribution in [1.82, 2.24) is 0 Å². The minimum Gasteiger partial charge on any atom is -0.460 e. The highest BCUT2D eigenvalue weighted by molar-refractivity contribution is 7.87. The van der Waals surface area contributed by atoms with Gasteiger partial charge in [-0.25, -0.2) is 4.79 Å². The lowest BCUT2D eigenvalue weighted by molar-refractivity contribution is -0.175. The van der Waals surface area contributed by atoms with Gasteiger partial charge in [0, 0.05) is 5.41 Å². The predicted octanol–water partition coefficient (Wildman–Crippen LogP) is -0.414. The molecule has 0 radical (unpaired) electrons. The van der Waals surface area contributed by atoms with Crippen LogP contribution >= 0.6 is 0 Å². The fourth-order valence-electron chi connectivity index (χ4n) is 1.89. The molecule has 1 rings (SSSR count). The first kappa shape index (κ1) is 15.3. The number of esters is 1. The largest absolute Gasteiger partial charge is 0.460 e. The van der Waals surface area contributed by atoms with Gasteiger partial charge in [0.2, 0.25) is 0 Å². The molecule has 0 heterocycles. The second-order valence-corrected chi connectivity index (χ2v) is 5.97. The lowest BCUT2D eigenvalue weighted by Crippen LogP contribution is -2.44. The number of rotatable bonds is 5. The SMILES string of the molecule is O=C(OCC1(CO)CCCC1)C(O)(F)S(=O)(=O)O. The number of hydrogen-bond donors (Lipinski definition) is 3. The van der Waals surface area contributed by atoms with E-state index in [0.717, 1.165) is 12.8 Å². The number of halogens is 1. The first-order valence-corrected chi connectivity index (χ1v) is 6.75. The van der Waals surface area contributed by atoms with Gasteiger partial charge in [0.15, 0.2) is 0 Å². The van der Waals surface area contributed by atoms with Gasteiger partial charge in [-0.15, -0.1) is 0 Å². The van der Waals surface area contributed by atoms with Crippen molar-refractivity contribution in [1.29, 1.82) is 0 Å². The molecule has 0 saturated heterocycles. The molecule has 1 aliphatic rings. The smallest absolute Gasteiger partial charge is 0.431 e. The van der Waals surface area contributed by atoms with Gasteiger partial charge >= 0.3 is 21.3 Å². The Morgan fingerprint density at radius 1 is 1.39 bits per heavy atom. The molecular formula is C9H15FO7S. The highest BCUT2D eigenvalue weighted by atomic mass is 32.2. The average molecular weight is 286 g/mol. The minimum atomic E-state index is -5.62. The first-order valence-electron chi connectivity index (χ1n) is 5.31. The molecule has 0 aromatic heterocycles. The van der Waals surface area contributed by atoms with Crippen molar-refractivity contribution in [2.45, 2.75) is 30.9 Å². The van der Waals surface area contributed by atoms with E-state index < -0.39 is 33.3 Å². The highest BCUT2D eigenvalue weighted by Crippen LogP contribution is 2.38. The molecule has 0 bridgehead atoms. The van der Waals surface area contributed by atoms with E-state index in [1.807, 2.05) is 0 Å². The lowest BCUT2D eigenvalue weighted by atomic mass is 9.88. The van der Waals surface area contributed by atoms with Gasteiger partial charge in [0.1, 0.15) is 0 Å². The molecule has 0 spiro atoms. The molecule has 1 saturated carbocycles. The summed E-state index contributed by atoms with van der Waals surface area (Å²) in [5.41, 5.74) is -0.731. The Morgan fingerprint density at radius 3 is 2.28 bits per heavy atom. The zero-order chi connectivity index (χ0) is 14.0. The summed E-state index contributed by atoms with van der Waals surface area (Å²) >= 11 is 0. The zero-order valence-corrected chi connectivity index (χ0v) is 10.3. The third-order valence-electron chi connectivity index (χ3n) is 3.10.